The van der Waals surface area contributed by atoms with Gasteiger partial charge in [0.05, 0.1) is 21.5 Å². The largest absolute Gasteiger partial charge is 0.368 e. The fraction of sp³-hybridized carbons (Fsp3) is 0.192. The van der Waals surface area contributed by atoms with E-state index in [4.69, 9.17) is 0 Å². The summed E-state index contributed by atoms with van der Waals surface area (Å²) in [5.74, 6) is 0.315. The Bertz CT molecular complexity index is 1320. The molecule has 0 radical (unpaired) electrons. The van der Waals surface area contributed by atoms with Gasteiger partial charge >= 0.3 is 0 Å². The first-order valence-electron chi connectivity index (χ1n) is 11.2. The third-order valence-electron chi connectivity index (χ3n) is 5.79. The minimum absolute atomic E-state index is 0.0544. The van der Waals surface area contributed by atoms with E-state index in [2.05, 4.69) is 31.1 Å². The monoisotopic (exact) mass is 566 g/mol. The Morgan fingerprint density at radius 2 is 1.66 bits per heavy atom. The summed E-state index contributed by atoms with van der Waals surface area (Å²) in [5.41, 5.74) is 3.52. The summed E-state index contributed by atoms with van der Waals surface area (Å²) in [6.45, 7) is 2.87. The molecule has 0 saturated carbocycles. The Labute approximate surface area is 220 Å². The number of anilines is 2. The van der Waals surface area contributed by atoms with Crippen molar-refractivity contribution in [2.75, 3.05) is 42.1 Å². The highest BCUT2D eigenvalue weighted by molar-refractivity contribution is 9.10. The zero-order valence-electron chi connectivity index (χ0n) is 18.8. The van der Waals surface area contributed by atoms with Crippen molar-refractivity contribution in [1.29, 1.82) is 0 Å². The second kappa shape index (κ2) is 10.8. The molecule has 1 aliphatic rings. The maximum atomic E-state index is 12.8. The Kier molecular flexibility index (Phi) is 7.36. The van der Waals surface area contributed by atoms with Gasteiger partial charge in [0.15, 0.2) is 4.34 Å². The number of aromatic nitrogens is 1. The van der Waals surface area contributed by atoms with E-state index in [0.29, 0.717) is 24.4 Å². The molecule has 0 unspecified atom stereocenters. The van der Waals surface area contributed by atoms with Gasteiger partial charge in [-0.05, 0) is 64.5 Å². The first-order valence-corrected chi connectivity index (χ1v) is 13.8. The molecule has 35 heavy (non-hydrogen) atoms. The number of para-hydroxylation sites is 1. The third-order valence-corrected chi connectivity index (χ3v) is 8.66. The van der Waals surface area contributed by atoms with Crippen LogP contribution >= 0.6 is 39.0 Å². The van der Waals surface area contributed by atoms with Crippen LogP contribution in [0.5, 0.6) is 0 Å². The minimum atomic E-state index is -0.0544. The van der Waals surface area contributed by atoms with Crippen molar-refractivity contribution < 1.29 is 9.59 Å². The van der Waals surface area contributed by atoms with Crippen molar-refractivity contribution in [3.63, 3.8) is 0 Å². The van der Waals surface area contributed by atoms with Gasteiger partial charge in [0.2, 0.25) is 5.91 Å². The highest BCUT2D eigenvalue weighted by Gasteiger charge is 2.23. The van der Waals surface area contributed by atoms with Crippen molar-refractivity contribution in [1.82, 2.24) is 9.88 Å². The molecule has 0 bridgehead atoms. The van der Waals surface area contributed by atoms with E-state index < -0.39 is 0 Å². The SMILES string of the molecule is O=C(CSc1nc2ccccc2s1)Nc1ccc(N2CCN(C(=O)c3ccccc3Br)CC2)cc1. The van der Waals surface area contributed by atoms with E-state index in [1.54, 1.807) is 11.3 Å². The summed E-state index contributed by atoms with van der Waals surface area (Å²) < 4.78 is 2.85. The lowest BCUT2D eigenvalue weighted by molar-refractivity contribution is -0.113. The average Bonchev–Trinajstić information content (AvgIpc) is 3.31. The van der Waals surface area contributed by atoms with Crippen LogP contribution in [0, 0.1) is 0 Å². The number of hydrogen-bond donors (Lipinski definition) is 1. The number of halogens is 1. The number of thioether (sulfide) groups is 1. The zero-order chi connectivity index (χ0) is 24.2. The lowest BCUT2D eigenvalue weighted by Gasteiger charge is -2.36. The van der Waals surface area contributed by atoms with Crippen LogP contribution in [0.2, 0.25) is 0 Å². The van der Waals surface area contributed by atoms with Gasteiger partial charge in [0.25, 0.3) is 5.91 Å². The molecule has 5 rings (SSSR count). The van der Waals surface area contributed by atoms with E-state index in [-0.39, 0.29) is 11.8 Å². The predicted octanol–water partition coefficient (Wildman–Crippen LogP) is 5.75. The van der Waals surface area contributed by atoms with E-state index in [1.807, 2.05) is 77.7 Å². The molecule has 3 aromatic carbocycles. The molecule has 2 heterocycles. The van der Waals surface area contributed by atoms with Crippen LogP contribution in [0.1, 0.15) is 10.4 Å². The summed E-state index contributed by atoms with van der Waals surface area (Å²) in [5, 5.41) is 2.96. The minimum Gasteiger partial charge on any atom is -0.368 e. The van der Waals surface area contributed by atoms with Crippen molar-refractivity contribution in [3.05, 3.63) is 82.8 Å². The molecule has 2 amide bonds. The van der Waals surface area contributed by atoms with Gasteiger partial charge < -0.3 is 15.1 Å². The molecule has 178 valence electrons. The number of fused-ring (bicyclic) bond motifs is 1. The highest BCUT2D eigenvalue weighted by Crippen LogP contribution is 2.29. The van der Waals surface area contributed by atoms with Gasteiger partial charge in [-0.3, -0.25) is 9.59 Å². The predicted molar refractivity (Wildman–Crippen MR) is 148 cm³/mol. The normalized spacial score (nSPS) is 13.7. The molecule has 1 N–H and O–H groups in total. The number of benzene rings is 3. The number of thiazole rings is 1. The highest BCUT2D eigenvalue weighted by atomic mass is 79.9. The van der Waals surface area contributed by atoms with Crippen LogP contribution in [0.3, 0.4) is 0 Å². The fourth-order valence-corrected chi connectivity index (χ4v) is 6.29. The van der Waals surface area contributed by atoms with Crippen LogP contribution in [-0.2, 0) is 4.79 Å². The number of nitrogens with one attached hydrogen (secondary N) is 1. The summed E-state index contributed by atoms with van der Waals surface area (Å²) in [6.07, 6.45) is 0. The van der Waals surface area contributed by atoms with Crippen LogP contribution < -0.4 is 10.2 Å². The van der Waals surface area contributed by atoms with Crippen molar-refractivity contribution in [3.8, 4) is 0 Å². The van der Waals surface area contributed by atoms with Gasteiger partial charge in [-0.25, -0.2) is 4.98 Å². The molecular weight excluding hydrogens is 544 g/mol. The number of piperazine rings is 1. The molecule has 0 atom stereocenters. The van der Waals surface area contributed by atoms with Crippen LogP contribution in [0.25, 0.3) is 10.2 Å². The summed E-state index contributed by atoms with van der Waals surface area (Å²) in [6, 6.07) is 23.4. The smallest absolute Gasteiger partial charge is 0.255 e. The molecule has 6 nitrogen and oxygen atoms in total. The molecule has 4 aromatic rings. The Balaban J connectivity index is 1.11. The molecule has 9 heteroatoms. The summed E-state index contributed by atoms with van der Waals surface area (Å²) in [4.78, 5) is 34.0. The number of carbonyl (C=O) groups is 2. The number of nitrogens with zero attached hydrogens (tertiary/aromatic N) is 3. The first-order chi connectivity index (χ1) is 17.1. The Hall–Kier alpha value is -2.88. The third kappa shape index (κ3) is 5.69. The maximum absolute atomic E-state index is 12.8. The number of carbonyl (C=O) groups excluding carboxylic acids is 2. The van der Waals surface area contributed by atoms with Gasteiger partial charge in [0, 0.05) is 42.0 Å². The van der Waals surface area contributed by atoms with E-state index in [9.17, 15) is 9.59 Å². The van der Waals surface area contributed by atoms with Gasteiger partial charge in [-0.2, -0.15) is 0 Å². The Morgan fingerprint density at radius 3 is 2.40 bits per heavy atom. The number of rotatable bonds is 6. The second-order valence-corrected chi connectivity index (χ2v) is 11.2. The summed E-state index contributed by atoms with van der Waals surface area (Å²) in [7, 11) is 0. The number of hydrogen-bond acceptors (Lipinski definition) is 6. The second-order valence-electron chi connectivity index (χ2n) is 8.09. The average molecular weight is 568 g/mol. The number of amides is 2. The molecule has 1 fully saturated rings. The van der Waals surface area contributed by atoms with Crippen molar-refractivity contribution >= 4 is 72.4 Å². The molecular formula is C26H23BrN4O2S2. The van der Waals surface area contributed by atoms with E-state index in [1.165, 1.54) is 11.8 Å². The van der Waals surface area contributed by atoms with Gasteiger partial charge in [-0.15, -0.1) is 11.3 Å². The van der Waals surface area contributed by atoms with Gasteiger partial charge in [0.1, 0.15) is 0 Å². The molecule has 0 aliphatic carbocycles. The zero-order valence-corrected chi connectivity index (χ0v) is 22.0. The maximum Gasteiger partial charge on any atom is 0.255 e. The lowest BCUT2D eigenvalue weighted by atomic mass is 10.1. The standard InChI is InChI=1S/C26H23BrN4O2S2/c27-21-6-2-1-5-20(21)25(33)31-15-13-30(14-16-31)19-11-9-18(10-12-19)28-24(32)17-34-26-29-22-7-3-4-8-23(22)35-26/h1-12H,13-17H2,(H,28,32). The van der Waals surface area contributed by atoms with Gasteiger partial charge in [-0.1, -0.05) is 36.0 Å². The first kappa shape index (κ1) is 23.8. The molecule has 1 aliphatic heterocycles. The van der Waals surface area contributed by atoms with E-state index in [0.717, 1.165) is 43.5 Å². The van der Waals surface area contributed by atoms with Crippen LogP contribution in [0.15, 0.2) is 81.6 Å². The van der Waals surface area contributed by atoms with E-state index >= 15 is 0 Å². The topological polar surface area (TPSA) is 65.5 Å². The van der Waals surface area contributed by atoms with Crippen LogP contribution in [0.4, 0.5) is 11.4 Å². The molecule has 1 saturated heterocycles. The molecule has 1 aromatic heterocycles. The van der Waals surface area contributed by atoms with Crippen LogP contribution in [-0.4, -0.2) is 53.6 Å². The molecule has 0 spiro atoms. The lowest BCUT2D eigenvalue weighted by Crippen LogP contribution is -2.48. The summed E-state index contributed by atoms with van der Waals surface area (Å²) >= 11 is 6.53. The van der Waals surface area contributed by atoms with Crippen molar-refractivity contribution in [2.45, 2.75) is 4.34 Å². The van der Waals surface area contributed by atoms with Crippen molar-refractivity contribution in [2.24, 2.45) is 0 Å². The Morgan fingerprint density at radius 1 is 0.943 bits per heavy atom. The quantitative estimate of drug-likeness (QED) is 0.301. The fourth-order valence-electron chi connectivity index (χ4n) is 3.97.